The summed E-state index contributed by atoms with van der Waals surface area (Å²) in [6.45, 7) is 5.01. The molecule has 6 heteroatoms. The highest BCUT2D eigenvalue weighted by Crippen LogP contribution is 2.20. The zero-order valence-electron chi connectivity index (χ0n) is 13.9. The number of rotatable bonds is 4. The van der Waals surface area contributed by atoms with Gasteiger partial charge in [0.25, 0.3) is 0 Å². The minimum atomic E-state index is 0.00436. The number of nitrogens with one attached hydrogen (secondary N) is 1. The first-order valence-corrected chi connectivity index (χ1v) is 8.74. The molecule has 2 amide bonds. The van der Waals surface area contributed by atoms with Gasteiger partial charge >= 0.3 is 6.03 Å². The Morgan fingerprint density at radius 3 is 3.12 bits per heavy atom. The SMILES string of the molecule is Cc1c(Cl)cccc1CNC(=O)N1CCC[C@H](Cn2ccnc2)C1. The standard InChI is InChI=1S/C18H23ClN4O/c1-14-16(5-2-6-17(14)19)10-21-18(24)23-8-3-4-15(12-23)11-22-9-7-20-13-22/h2,5-7,9,13,15H,3-4,8,10-12H2,1H3,(H,21,24)/t15-/m1/s1. The summed E-state index contributed by atoms with van der Waals surface area (Å²) in [7, 11) is 0. The van der Waals surface area contributed by atoms with E-state index in [1.54, 1.807) is 6.20 Å². The van der Waals surface area contributed by atoms with E-state index in [9.17, 15) is 4.79 Å². The van der Waals surface area contributed by atoms with E-state index in [0.29, 0.717) is 12.5 Å². The summed E-state index contributed by atoms with van der Waals surface area (Å²) in [4.78, 5) is 18.5. The minimum absolute atomic E-state index is 0.00436. The van der Waals surface area contributed by atoms with Crippen molar-refractivity contribution in [1.82, 2.24) is 19.8 Å². The van der Waals surface area contributed by atoms with E-state index in [4.69, 9.17) is 11.6 Å². The van der Waals surface area contributed by atoms with Crippen molar-refractivity contribution >= 4 is 17.6 Å². The minimum Gasteiger partial charge on any atom is -0.337 e. The average molecular weight is 347 g/mol. The predicted octanol–water partition coefficient (Wildman–Crippen LogP) is 3.47. The average Bonchev–Trinajstić information content (AvgIpc) is 3.09. The van der Waals surface area contributed by atoms with Crippen LogP contribution >= 0.6 is 11.6 Å². The second kappa shape index (κ2) is 7.71. The fourth-order valence-corrected chi connectivity index (χ4v) is 3.41. The van der Waals surface area contributed by atoms with Crippen molar-refractivity contribution in [2.75, 3.05) is 13.1 Å². The van der Waals surface area contributed by atoms with Crippen molar-refractivity contribution in [3.8, 4) is 0 Å². The zero-order valence-corrected chi connectivity index (χ0v) is 14.7. The molecule has 2 aromatic rings. The van der Waals surface area contributed by atoms with Crippen LogP contribution < -0.4 is 5.32 Å². The molecule has 3 rings (SSSR count). The summed E-state index contributed by atoms with van der Waals surface area (Å²) in [5.41, 5.74) is 2.08. The number of hydrogen-bond donors (Lipinski definition) is 1. The molecule has 24 heavy (non-hydrogen) atoms. The van der Waals surface area contributed by atoms with Crippen LogP contribution in [0.5, 0.6) is 0 Å². The van der Waals surface area contributed by atoms with Gasteiger partial charge in [0.2, 0.25) is 0 Å². The maximum absolute atomic E-state index is 12.5. The molecule has 0 bridgehead atoms. The van der Waals surface area contributed by atoms with Crippen LogP contribution in [0.25, 0.3) is 0 Å². The van der Waals surface area contributed by atoms with Crippen LogP contribution in [-0.4, -0.2) is 33.6 Å². The van der Waals surface area contributed by atoms with Crippen molar-refractivity contribution in [1.29, 1.82) is 0 Å². The quantitative estimate of drug-likeness (QED) is 0.921. The molecule has 1 atom stereocenters. The highest BCUT2D eigenvalue weighted by molar-refractivity contribution is 6.31. The third-order valence-electron chi connectivity index (χ3n) is 4.64. The molecule has 1 aromatic carbocycles. The Bertz CT molecular complexity index is 686. The molecule has 128 valence electrons. The predicted molar refractivity (Wildman–Crippen MR) is 94.9 cm³/mol. The molecule has 0 unspecified atom stereocenters. The Balaban J connectivity index is 1.53. The smallest absolute Gasteiger partial charge is 0.317 e. The van der Waals surface area contributed by atoms with E-state index in [0.717, 1.165) is 48.6 Å². The van der Waals surface area contributed by atoms with Gasteiger partial charge in [0.15, 0.2) is 0 Å². The number of nitrogens with zero attached hydrogens (tertiary/aromatic N) is 3. The number of urea groups is 1. The lowest BCUT2D eigenvalue weighted by Gasteiger charge is -2.33. The molecule has 5 nitrogen and oxygen atoms in total. The molecule has 0 saturated carbocycles. The highest BCUT2D eigenvalue weighted by atomic mass is 35.5. The summed E-state index contributed by atoms with van der Waals surface area (Å²) < 4.78 is 2.08. The van der Waals surface area contributed by atoms with E-state index in [2.05, 4.69) is 14.9 Å². The van der Waals surface area contributed by atoms with Crippen LogP contribution in [0.2, 0.25) is 5.02 Å². The molecular formula is C18H23ClN4O. The van der Waals surface area contributed by atoms with Gasteiger partial charge < -0.3 is 14.8 Å². The number of likely N-dealkylation sites (tertiary alicyclic amines) is 1. The Kier molecular flexibility index (Phi) is 5.41. The van der Waals surface area contributed by atoms with Crippen molar-refractivity contribution in [2.24, 2.45) is 5.92 Å². The van der Waals surface area contributed by atoms with Crippen LogP contribution in [0.3, 0.4) is 0 Å². The van der Waals surface area contributed by atoms with Gasteiger partial charge in [0.1, 0.15) is 0 Å². The first kappa shape index (κ1) is 16.8. The Morgan fingerprint density at radius 2 is 2.33 bits per heavy atom. The number of halogens is 1. The summed E-state index contributed by atoms with van der Waals surface area (Å²) >= 11 is 6.13. The van der Waals surface area contributed by atoms with Gasteiger partial charge in [-0.15, -0.1) is 0 Å². The number of piperidine rings is 1. The lowest BCUT2D eigenvalue weighted by Crippen LogP contribution is -2.46. The van der Waals surface area contributed by atoms with Crippen molar-refractivity contribution in [3.63, 3.8) is 0 Å². The van der Waals surface area contributed by atoms with Crippen molar-refractivity contribution < 1.29 is 4.79 Å². The molecule has 0 aliphatic carbocycles. The molecule has 0 spiro atoms. The number of benzene rings is 1. The molecule has 1 aliphatic heterocycles. The van der Waals surface area contributed by atoms with Gasteiger partial charge in [0.05, 0.1) is 6.33 Å². The molecule has 0 radical (unpaired) electrons. The van der Waals surface area contributed by atoms with Gasteiger partial charge in [-0.3, -0.25) is 0 Å². The summed E-state index contributed by atoms with van der Waals surface area (Å²) in [5, 5.41) is 3.76. The van der Waals surface area contributed by atoms with Gasteiger partial charge in [-0.25, -0.2) is 9.78 Å². The van der Waals surface area contributed by atoms with E-state index in [1.165, 1.54) is 0 Å². The van der Waals surface area contributed by atoms with Gasteiger partial charge in [-0.05, 0) is 42.9 Å². The van der Waals surface area contributed by atoms with Crippen LogP contribution in [0.4, 0.5) is 4.79 Å². The molecule has 1 aliphatic rings. The maximum atomic E-state index is 12.5. The Hall–Kier alpha value is -2.01. The molecular weight excluding hydrogens is 324 g/mol. The molecule has 1 N–H and O–H groups in total. The number of carbonyl (C=O) groups excluding carboxylic acids is 1. The Labute approximate surface area is 147 Å². The fourth-order valence-electron chi connectivity index (χ4n) is 3.22. The number of aromatic nitrogens is 2. The van der Waals surface area contributed by atoms with E-state index >= 15 is 0 Å². The number of carbonyl (C=O) groups is 1. The third-order valence-corrected chi connectivity index (χ3v) is 5.05. The van der Waals surface area contributed by atoms with Crippen LogP contribution in [-0.2, 0) is 13.1 Å². The summed E-state index contributed by atoms with van der Waals surface area (Å²) in [5.74, 6) is 0.478. The normalized spacial score (nSPS) is 17.8. The van der Waals surface area contributed by atoms with E-state index < -0.39 is 0 Å². The van der Waals surface area contributed by atoms with E-state index in [-0.39, 0.29) is 6.03 Å². The Morgan fingerprint density at radius 1 is 1.46 bits per heavy atom. The largest absolute Gasteiger partial charge is 0.337 e. The fraction of sp³-hybridized carbons (Fsp3) is 0.444. The van der Waals surface area contributed by atoms with Crippen molar-refractivity contribution in [2.45, 2.75) is 32.9 Å². The number of hydrogen-bond acceptors (Lipinski definition) is 2. The number of imidazole rings is 1. The number of amides is 2. The monoisotopic (exact) mass is 346 g/mol. The molecule has 1 saturated heterocycles. The molecule has 1 aromatic heterocycles. The van der Waals surface area contributed by atoms with E-state index in [1.807, 2.05) is 42.5 Å². The van der Waals surface area contributed by atoms with Gasteiger partial charge in [-0.2, -0.15) is 0 Å². The highest BCUT2D eigenvalue weighted by Gasteiger charge is 2.23. The summed E-state index contributed by atoms with van der Waals surface area (Å²) in [6.07, 6.45) is 7.79. The van der Waals surface area contributed by atoms with Gasteiger partial charge in [0, 0.05) is 43.6 Å². The first-order valence-electron chi connectivity index (χ1n) is 8.36. The second-order valence-corrected chi connectivity index (χ2v) is 6.80. The zero-order chi connectivity index (χ0) is 16.9. The molecule has 2 heterocycles. The summed E-state index contributed by atoms with van der Waals surface area (Å²) in [6, 6.07) is 5.79. The van der Waals surface area contributed by atoms with Gasteiger partial charge in [-0.1, -0.05) is 23.7 Å². The third kappa shape index (κ3) is 4.09. The van der Waals surface area contributed by atoms with Crippen LogP contribution in [0, 0.1) is 12.8 Å². The lowest BCUT2D eigenvalue weighted by molar-refractivity contribution is 0.159. The maximum Gasteiger partial charge on any atom is 0.317 e. The second-order valence-electron chi connectivity index (χ2n) is 6.40. The lowest BCUT2D eigenvalue weighted by atomic mass is 9.98. The van der Waals surface area contributed by atoms with Crippen molar-refractivity contribution in [3.05, 3.63) is 53.1 Å². The molecule has 1 fully saturated rings. The van der Waals surface area contributed by atoms with Crippen LogP contribution in [0.1, 0.15) is 24.0 Å². The van der Waals surface area contributed by atoms with Crippen LogP contribution in [0.15, 0.2) is 36.9 Å². The first-order chi connectivity index (χ1) is 11.6. The topological polar surface area (TPSA) is 50.2 Å².